The third-order valence-corrected chi connectivity index (χ3v) is 4.52. The van der Waals surface area contributed by atoms with Crippen molar-refractivity contribution in [1.82, 2.24) is 5.32 Å². The molecule has 1 unspecified atom stereocenters. The lowest BCUT2D eigenvalue weighted by Gasteiger charge is -2.25. The van der Waals surface area contributed by atoms with E-state index in [1.54, 1.807) is 0 Å². The van der Waals surface area contributed by atoms with Gasteiger partial charge in [0.25, 0.3) is 0 Å². The smallest absolute Gasteiger partial charge is 0.0175 e. The van der Waals surface area contributed by atoms with E-state index < -0.39 is 0 Å². The maximum Gasteiger partial charge on any atom is 0.0175 e. The first-order valence-corrected chi connectivity index (χ1v) is 8.06. The Kier molecular flexibility index (Phi) is 5.71. The van der Waals surface area contributed by atoms with E-state index in [1.807, 2.05) is 0 Å². The van der Waals surface area contributed by atoms with Gasteiger partial charge < -0.3 is 5.32 Å². The average Bonchev–Trinajstić information content (AvgIpc) is 2.90. The van der Waals surface area contributed by atoms with Gasteiger partial charge in [0.15, 0.2) is 0 Å². The van der Waals surface area contributed by atoms with Gasteiger partial charge >= 0.3 is 0 Å². The minimum atomic E-state index is 0.675. The Morgan fingerprint density at radius 1 is 1.22 bits per heavy atom. The van der Waals surface area contributed by atoms with E-state index in [0.717, 1.165) is 12.5 Å². The quantitative estimate of drug-likeness (QED) is 0.813. The van der Waals surface area contributed by atoms with Gasteiger partial charge in [-0.05, 0) is 55.8 Å². The predicted octanol–water partition coefficient (Wildman–Crippen LogP) is 4.55. The molecule has 1 fully saturated rings. The van der Waals surface area contributed by atoms with E-state index in [0.29, 0.717) is 6.04 Å². The molecule has 0 bridgehead atoms. The van der Waals surface area contributed by atoms with Crippen LogP contribution in [0.5, 0.6) is 0 Å². The molecule has 0 saturated heterocycles. The maximum atomic E-state index is 3.76. The van der Waals surface area contributed by atoms with Crippen LogP contribution in [-0.4, -0.2) is 12.6 Å². The molecule has 0 aromatic heterocycles. The van der Waals surface area contributed by atoms with Gasteiger partial charge in [0.1, 0.15) is 0 Å². The highest BCUT2D eigenvalue weighted by Crippen LogP contribution is 2.29. The summed E-state index contributed by atoms with van der Waals surface area (Å²) in [5.41, 5.74) is 1.46. The molecule has 0 aliphatic heterocycles. The van der Waals surface area contributed by atoms with E-state index in [1.165, 1.54) is 48.6 Å². The number of rotatable bonds is 6. The number of nitrogens with one attached hydrogen (secondary N) is 1. The molecule has 100 valence electrons. The molecular weight excluding hydrogens is 286 g/mol. The van der Waals surface area contributed by atoms with Crippen molar-refractivity contribution in [2.24, 2.45) is 5.92 Å². The molecule has 0 heterocycles. The standard InChI is InChI=1S/C16H24BrN/c1-2-11-18-16(14-5-3-4-6-14)12-13-7-9-15(17)10-8-13/h7-10,14,16,18H,2-6,11-12H2,1H3. The molecular formula is C16H24BrN. The van der Waals surface area contributed by atoms with E-state index in [9.17, 15) is 0 Å². The van der Waals surface area contributed by atoms with Crippen LogP contribution in [0.3, 0.4) is 0 Å². The van der Waals surface area contributed by atoms with Crippen LogP contribution in [0.2, 0.25) is 0 Å². The normalized spacial score (nSPS) is 18.1. The molecule has 1 atom stereocenters. The summed E-state index contributed by atoms with van der Waals surface area (Å²) >= 11 is 3.50. The lowest BCUT2D eigenvalue weighted by Crippen LogP contribution is -2.37. The van der Waals surface area contributed by atoms with Gasteiger partial charge in [0, 0.05) is 10.5 Å². The van der Waals surface area contributed by atoms with Gasteiger partial charge in [-0.15, -0.1) is 0 Å². The Hall–Kier alpha value is -0.340. The molecule has 2 rings (SSSR count). The summed E-state index contributed by atoms with van der Waals surface area (Å²) in [4.78, 5) is 0. The topological polar surface area (TPSA) is 12.0 Å². The molecule has 0 amide bonds. The van der Waals surface area contributed by atoms with E-state index in [2.05, 4.69) is 52.4 Å². The largest absolute Gasteiger partial charge is 0.313 e. The summed E-state index contributed by atoms with van der Waals surface area (Å²) in [6.07, 6.45) is 8.09. The van der Waals surface area contributed by atoms with Crippen LogP contribution in [0.1, 0.15) is 44.6 Å². The second kappa shape index (κ2) is 7.30. The molecule has 1 aromatic rings. The Morgan fingerprint density at radius 2 is 1.89 bits per heavy atom. The molecule has 1 aromatic carbocycles. The fourth-order valence-corrected chi connectivity index (χ4v) is 3.23. The van der Waals surface area contributed by atoms with Crippen LogP contribution in [-0.2, 0) is 6.42 Å². The monoisotopic (exact) mass is 309 g/mol. The first-order valence-electron chi connectivity index (χ1n) is 7.27. The van der Waals surface area contributed by atoms with E-state index in [-0.39, 0.29) is 0 Å². The van der Waals surface area contributed by atoms with Crippen LogP contribution < -0.4 is 5.32 Å². The summed E-state index contributed by atoms with van der Waals surface area (Å²) in [6, 6.07) is 9.48. The zero-order valence-corrected chi connectivity index (χ0v) is 12.9. The van der Waals surface area contributed by atoms with Crippen molar-refractivity contribution in [3.05, 3.63) is 34.3 Å². The average molecular weight is 310 g/mol. The molecule has 0 spiro atoms. The summed E-state index contributed by atoms with van der Waals surface area (Å²) in [5, 5.41) is 3.76. The minimum Gasteiger partial charge on any atom is -0.313 e. The van der Waals surface area contributed by atoms with E-state index in [4.69, 9.17) is 0 Å². The number of hydrogen-bond acceptors (Lipinski definition) is 1. The SMILES string of the molecule is CCCNC(Cc1ccc(Br)cc1)C1CCCC1. The Bertz CT molecular complexity index is 341. The van der Waals surface area contributed by atoms with Crippen LogP contribution in [0.4, 0.5) is 0 Å². The maximum absolute atomic E-state index is 3.76. The fourth-order valence-electron chi connectivity index (χ4n) is 2.97. The third-order valence-electron chi connectivity index (χ3n) is 3.99. The van der Waals surface area contributed by atoms with Crippen LogP contribution in [0.15, 0.2) is 28.7 Å². The first kappa shape index (κ1) is 14.1. The Morgan fingerprint density at radius 3 is 2.50 bits per heavy atom. The fraction of sp³-hybridized carbons (Fsp3) is 0.625. The van der Waals surface area contributed by atoms with Crippen LogP contribution in [0, 0.1) is 5.92 Å². The third kappa shape index (κ3) is 4.10. The molecule has 1 saturated carbocycles. The van der Waals surface area contributed by atoms with Crippen molar-refractivity contribution in [3.8, 4) is 0 Å². The predicted molar refractivity (Wildman–Crippen MR) is 81.9 cm³/mol. The van der Waals surface area contributed by atoms with Gasteiger partial charge in [0.05, 0.1) is 0 Å². The van der Waals surface area contributed by atoms with Crippen molar-refractivity contribution < 1.29 is 0 Å². The summed E-state index contributed by atoms with van der Waals surface area (Å²) in [7, 11) is 0. The lowest BCUT2D eigenvalue weighted by molar-refractivity contribution is 0.356. The van der Waals surface area contributed by atoms with Crippen molar-refractivity contribution in [3.63, 3.8) is 0 Å². The highest BCUT2D eigenvalue weighted by Gasteiger charge is 2.24. The number of hydrogen-bond donors (Lipinski definition) is 1. The van der Waals surface area contributed by atoms with Gasteiger partial charge in [-0.25, -0.2) is 0 Å². The van der Waals surface area contributed by atoms with E-state index >= 15 is 0 Å². The lowest BCUT2D eigenvalue weighted by atomic mass is 9.92. The zero-order valence-electron chi connectivity index (χ0n) is 11.3. The van der Waals surface area contributed by atoms with Crippen molar-refractivity contribution in [2.75, 3.05) is 6.54 Å². The number of halogens is 1. The van der Waals surface area contributed by atoms with Gasteiger partial charge in [-0.3, -0.25) is 0 Å². The highest BCUT2D eigenvalue weighted by atomic mass is 79.9. The number of benzene rings is 1. The van der Waals surface area contributed by atoms with Crippen molar-refractivity contribution in [2.45, 2.75) is 51.5 Å². The second-order valence-corrected chi connectivity index (χ2v) is 6.35. The Labute approximate surface area is 119 Å². The molecule has 0 radical (unpaired) electrons. The molecule has 2 heteroatoms. The van der Waals surface area contributed by atoms with Crippen LogP contribution >= 0.6 is 15.9 Å². The highest BCUT2D eigenvalue weighted by molar-refractivity contribution is 9.10. The van der Waals surface area contributed by atoms with Gasteiger partial charge in [0.2, 0.25) is 0 Å². The minimum absolute atomic E-state index is 0.675. The molecule has 1 aliphatic rings. The molecule has 1 aliphatic carbocycles. The second-order valence-electron chi connectivity index (χ2n) is 5.44. The molecule has 1 N–H and O–H groups in total. The van der Waals surface area contributed by atoms with Gasteiger partial charge in [-0.1, -0.05) is 47.8 Å². The van der Waals surface area contributed by atoms with Gasteiger partial charge in [-0.2, -0.15) is 0 Å². The van der Waals surface area contributed by atoms with Crippen molar-refractivity contribution >= 4 is 15.9 Å². The Balaban J connectivity index is 1.97. The molecule has 18 heavy (non-hydrogen) atoms. The van der Waals surface area contributed by atoms with Crippen LogP contribution in [0.25, 0.3) is 0 Å². The van der Waals surface area contributed by atoms with Crippen molar-refractivity contribution in [1.29, 1.82) is 0 Å². The molecule has 1 nitrogen and oxygen atoms in total. The first-order chi connectivity index (χ1) is 8.79. The summed E-state index contributed by atoms with van der Waals surface area (Å²) in [6.45, 7) is 3.40. The summed E-state index contributed by atoms with van der Waals surface area (Å²) in [5.74, 6) is 0.889. The summed E-state index contributed by atoms with van der Waals surface area (Å²) < 4.78 is 1.17. The zero-order chi connectivity index (χ0) is 12.8.